The molecule has 0 saturated heterocycles. The van der Waals surface area contributed by atoms with Crippen LogP contribution in [0.1, 0.15) is 11.1 Å². The third-order valence-corrected chi connectivity index (χ3v) is 5.79. The summed E-state index contributed by atoms with van der Waals surface area (Å²) in [6.45, 7) is 0.580. The Kier molecular flexibility index (Phi) is 6.47. The van der Waals surface area contributed by atoms with E-state index in [-0.39, 0.29) is 11.7 Å². The zero-order valence-corrected chi connectivity index (χ0v) is 17.6. The summed E-state index contributed by atoms with van der Waals surface area (Å²) in [7, 11) is 0. The van der Waals surface area contributed by atoms with Crippen LogP contribution in [0.15, 0.2) is 89.1 Å². The SMILES string of the molecule is O=C(CSc1nc2ccccc2n1Cc1ccccc1Cl)N/N=C/c1ccccc1. The zero-order chi connectivity index (χ0) is 20.8. The number of nitrogens with one attached hydrogen (secondary N) is 1. The fraction of sp³-hybridized carbons (Fsp3) is 0.0870. The van der Waals surface area contributed by atoms with E-state index in [2.05, 4.69) is 15.1 Å². The van der Waals surface area contributed by atoms with E-state index in [0.717, 1.165) is 27.3 Å². The highest BCUT2D eigenvalue weighted by atomic mass is 35.5. The summed E-state index contributed by atoms with van der Waals surface area (Å²) in [4.78, 5) is 16.9. The first-order chi connectivity index (χ1) is 14.7. The summed E-state index contributed by atoms with van der Waals surface area (Å²) in [5.41, 5.74) is 6.38. The minimum Gasteiger partial charge on any atom is -0.314 e. The van der Waals surface area contributed by atoms with Gasteiger partial charge in [-0.15, -0.1) is 0 Å². The molecule has 7 heteroatoms. The first-order valence-corrected chi connectivity index (χ1v) is 10.8. The van der Waals surface area contributed by atoms with E-state index in [9.17, 15) is 4.79 Å². The van der Waals surface area contributed by atoms with Gasteiger partial charge in [0.2, 0.25) is 0 Å². The standard InChI is InChI=1S/C23H19ClN4OS/c24-19-11-5-4-10-18(19)15-28-21-13-7-6-12-20(21)26-23(28)30-16-22(29)27-25-14-17-8-2-1-3-9-17/h1-14H,15-16H2,(H,27,29)/b25-14+. The van der Waals surface area contributed by atoms with E-state index < -0.39 is 0 Å². The first kappa shape index (κ1) is 20.2. The molecule has 5 nitrogen and oxygen atoms in total. The van der Waals surface area contributed by atoms with Gasteiger partial charge in [0.05, 0.1) is 29.5 Å². The lowest BCUT2D eigenvalue weighted by atomic mass is 10.2. The average molecular weight is 435 g/mol. The van der Waals surface area contributed by atoms with Gasteiger partial charge in [-0.3, -0.25) is 4.79 Å². The van der Waals surface area contributed by atoms with Crippen molar-refractivity contribution < 1.29 is 4.79 Å². The van der Waals surface area contributed by atoms with E-state index in [0.29, 0.717) is 11.6 Å². The van der Waals surface area contributed by atoms with Crippen molar-refractivity contribution in [3.05, 3.63) is 95.0 Å². The molecule has 0 aliphatic heterocycles. The van der Waals surface area contributed by atoms with Crippen LogP contribution < -0.4 is 5.43 Å². The van der Waals surface area contributed by atoms with Gasteiger partial charge in [-0.25, -0.2) is 10.4 Å². The van der Waals surface area contributed by atoms with Gasteiger partial charge in [-0.05, 0) is 29.3 Å². The number of carbonyl (C=O) groups excluding carboxylic acids is 1. The molecule has 0 bridgehead atoms. The smallest absolute Gasteiger partial charge is 0.250 e. The highest BCUT2D eigenvalue weighted by Crippen LogP contribution is 2.26. The number of carbonyl (C=O) groups is 1. The summed E-state index contributed by atoms with van der Waals surface area (Å²) in [6.07, 6.45) is 1.62. The van der Waals surface area contributed by atoms with Crippen LogP contribution in [0.5, 0.6) is 0 Å². The maximum absolute atomic E-state index is 12.2. The number of imidazole rings is 1. The van der Waals surface area contributed by atoms with Gasteiger partial charge in [-0.2, -0.15) is 5.10 Å². The van der Waals surface area contributed by atoms with E-state index in [4.69, 9.17) is 16.6 Å². The fourth-order valence-electron chi connectivity index (χ4n) is 2.99. The van der Waals surface area contributed by atoms with Gasteiger partial charge in [0, 0.05) is 5.02 Å². The van der Waals surface area contributed by atoms with Gasteiger partial charge in [0.15, 0.2) is 5.16 Å². The van der Waals surface area contributed by atoms with Crippen LogP contribution in [0.2, 0.25) is 5.02 Å². The molecular formula is C23H19ClN4OS. The van der Waals surface area contributed by atoms with Gasteiger partial charge in [0.25, 0.3) is 5.91 Å². The lowest BCUT2D eigenvalue weighted by molar-refractivity contribution is -0.118. The molecule has 0 unspecified atom stereocenters. The molecule has 0 spiro atoms. The first-order valence-electron chi connectivity index (χ1n) is 9.39. The number of aromatic nitrogens is 2. The Morgan fingerprint density at radius 3 is 2.60 bits per heavy atom. The van der Waals surface area contributed by atoms with Crippen LogP contribution in [0, 0.1) is 0 Å². The number of thioether (sulfide) groups is 1. The minimum atomic E-state index is -0.191. The topological polar surface area (TPSA) is 59.3 Å². The Hall–Kier alpha value is -3.09. The molecule has 0 atom stereocenters. The molecule has 150 valence electrons. The Morgan fingerprint density at radius 2 is 1.77 bits per heavy atom. The molecule has 3 aromatic carbocycles. The summed E-state index contributed by atoms with van der Waals surface area (Å²) in [6, 6.07) is 25.3. The predicted molar refractivity (Wildman–Crippen MR) is 123 cm³/mol. The highest BCUT2D eigenvalue weighted by Gasteiger charge is 2.14. The maximum atomic E-state index is 12.2. The molecule has 1 heterocycles. The molecule has 0 fully saturated rings. The van der Waals surface area contributed by atoms with Crippen molar-refractivity contribution in [1.29, 1.82) is 0 Å². The number of hydrazone groups is 1. The second-order valence-electron chi connectivity index (χ2n) is 6.55. The monoisotopic (exact) mass is 434 g/mol. The molecule has 0 saturated carbocycles. The molecule has 0 aliphatic carbocycles. The summed E-state index contributed by atoms with van der Waals surface area (Å²) in [5, 5.41) is 5.49. The van der Waals surface area contributed by atoms with E-state index in [1.54, 1.807) is 6.21 Å². The summed E-state index contributed by atoms with van der Waals surface area (Å²) in [5.74, 6) is 0.0151. The lowest BCUT2D eigenvalue weighted by Gasteiger charge is -2.10. The maximum Gasteiger partial charge on any atom is 0.250 e. The molecule has 1 amide bonds. The fourth-order valence-corrected chi connectivity index (χ4v) is 4.00. The number of hydrogen-bond acceptors (Lipinski definition) is 4. The largest absolute Gasteiger partial charge is 0.314 e. The Labute approximate surface area is 183 Å². The molecule has 1 aromatic heterocycles. The number of fused-ring (bicyclic) bond motifs is 1. The summed E-state index contributed by atoms with van der Waals surface area (Å²) < 4.78 is 2.09. The summed E-state index contributed by atoms with van der Waals surface area (Å²) >= 11 is 7.73. The van der Waals surface area contributed by atoms with Crippen molar-refractivity contribution in [2.45, 2.75) is 11.7 Å². The van der Waals surface area contributed by atoms with Gasteiger partial charge in [-0.1, -0.05) is 84.0 Å². The Morgan fingerprint density at radius 1 is 1.03 bits per heavy atom. The van der Waals surface area contributed by atoms with E-state index in [1.807, 2.05) is 78.9 Å². The second kappa shape index (κ2) is 9.61. The number of halogens is 1. The number of benzene rings is 3. The number of nitrogens with zero attached hydrogens (tertiary/aromatic N) is 3. The zero-order valence-electron chi connectivity index (χ0n) is 16.0. The average Bonchev–Trinajstić information content (AvgIpc) is 3.12. The van der Waals surface area contributed by atoms with Crippen molar-refractivity contribution in [3.63, 3.8) is 0 Å². The van der Waals surface area contributed by atoms with E-state index >= 15 is 0 Å². The normalized spacial score (nSPS) is 11.2. The Bertz CT molecular complexity index is 1190. The minimum absolute atomic E-state index is 0.191. The lowest BCUT2D eigenvalue weighted by Crippen LogP contribution is -2.20. The number of hydrogen-bond donors (Lipinski definition) is 1. The van der Waals surface area contributed by atoms with Crippen LogP contribution in [0.3, 0.4) is 0 Å². The van der Waals surface area contributed by atoms with Crippen molar-refractivity contribution >= 4 is 46.5 Å². The predicted octanol–water partition coefficient (Wildman–Crippen LogP) is 4.98. The van der Waals surface area contributed by atoms with Crippen LogP contribution in [-0.2, 0) is 11.3 Å². The number of para-hydroxylation sites is 2. The van der Waals surface area contributed by atoms with Crippen LogP contribution >= 0.6 is 23.4 Å². The van der Waals surface area contributed by atoms with Crippen molar-refractivity contribution in [3.8, 4) is 0 Å². The van der Waals surface area contributed by atoms with Gasteiger partial charge < -0.3 is 4.57 Å². The van der Waals surface area contributed by atoms with Crippen LogP contribution in [-0.4, -0.2) is 27.4 Å². The molecule has 30 heavy (non-hydrogen) atoms. The quantitative estimate of drug-likeness (QED) is 0.253. The Balaban J connectivity index is 1.47. The molecular weight excluding hydrogens is 416 g/mol. The number of amides is 1. The molecule has 4 aromatic rings. The van der Waals surface area contributed by atoms with Crippen molar-refractivity contribution in [2.24, 2.45) is 5.10 Å². The van der Waals surface area contributed by atoms with Gasteiger partial charge >= 0.3 is 0 Å². The van der Waals surface area contributed by atoms with E-state index in [1.165, 1.54) is 11.8 Å². The van der Waals surface area contributed by atoms with Crippen molar-refractivity contribution in [1.82, 2.24) is 15.0 Å². The second-order valence-corrected chi connectivity index (χ2v) is 7.90. The highest BCUT2D eigenvalue weighted by molar-refractivity contribution is 7.99. The van der Waals surface area contributed by atoms with Crippen LogP contribution in [0.25, 0.3) is 11.0 Å². The third-order valence-electron chi connectivity index (χ3n) is 4.44. The molecule has 0 aliphatic rings. The molecule has 4 rings (SSSR count). The number of rotatable bonds is 7. The van der Waals surface area contributed by atoms with Gasteiger partial charge in [0.1, 0.15) is 0 Å². The third kappa shape index (κ3) is 4.90. The van der Waals surface area contributed by atoms with Crippen LogP contribution in [0.4, 0.5) is 0 Å². The molecule has 1 N–H and O–H groups in total. The molecule has 0 radical (unpaired) electrons. The van der Waals surface area contributed by atoms with Crippen molar-refractivity contribution in [2.75, 3.05) is 5.75 Å².